The Kier molecular flexibility index (Phi) is 7.81. The lowest BCUT2D eigenvalue weighted by Gasteiger charge is -2.28. The van der Waals surface area contributed by atoms with Gasteiger partial charge in [-0.3, -0.25) is 9.36 Å². The van der Waals surface area contributed by atoms with E-state index in [0.717, 1.165) is 16.7 Å². The number of amides is 1. The van der Waals surface area contributed by atoms with Gasteiger partial charge in [0.2, 0.25) is 0 Å². The number of imidazole rings is 1. The summed E-state index contributed by atoms with van der Waals surface area (Å²) < 4.78 is 34.2. The molecule has 0 unspecified atom stereocenters. The van der Waals surface area contributed by atoms with Crippen molar-refractivity contribution in [1.82, 2.24) is 24.8 Å². The number of rotatable bonds is 8. The van der Waals surface area contributed by atoms with Crippen molar-refractivity contribution in [1.29, 1.82) is 0 Å². The Balaban J connectivity index is 1.04. The Bertz CT molecular complexity index is 2040. The number of nitrogens with zero attached hydrogens (tertiary/aromatic N) is 4. The molecule has 256 valence electrons. The van der Waals surface area contributed by atoms with Gasteiger partial charge in [0.1, 0.15) is 30.2 Å². The molecule has 3 N–H and O–H groups in total. The van der Waals surface area contributed by atoms with E-state index in [9.17, 15) is 4.79 Å². The summed E-state index contributed by atoms with van der Waals surface area (Å²) in [7, 11) is 0. The highest BCUT2D eigenvalue weighted by Gasteiger charge is 2.55. The smallest absolute Gasteiger partial charge is 0.305 e. The maximum atomic E-state index is 13.9. The minimum absolute atomic E-state index is 0.146. The second kappa shape index (κ2) is 12.2. The molecule has 1 amide bonds. The molecule has 0 saturated carbocycles. The Morgan fingerprint density at radius 1 is 0.960 bits per heavy atom. The number of carbonyl (C=O) groups excluding carboxylic acids is 1. The number of hydrogen-bond donors (Lipinski definition) is 2. The van der Waals surface area contributed by atoms with Gasteiger partial charge in [-0.1, -0.05) is 86.7 Å². The van der Waals surface area contributed by atoms with E-state index in [2.05, 4.69) is 34.1 Å². The summed E-state index contributed by atoms with van der Waals surface area (Å²) in [4.78, 5) is 26.7. The number of hydrogen-bond acceptors (Lipinski definition) is 10. The van der Waals surface area contributed by atoms with Crippen molar-refractivity contribution >= 4 is 22.9 Å². The molecule has 8 rings (SSSR count). The van der Waals surface area contributed by atoms with Crippen LogP contribution in [0.3, 0.4) is 0 Å². The van der Waals surface area contributed by atoms with Crippen LogP contribution in [0.25, 0.3) is 11.2 Å². The van der Waals surface area contributed by atoms with E-state index in [1.807, 2.05) is 98.8 Å². The normalized spacial score (nSPS) is 23.1. The van der Waals surface area contributed by atoms with Gasteiger partial charge in [-0.25, -0.2) is 15.0 Å². The number of aromatic nitrogens is 4. The molecule has 50 heavy (non-hydrogen) atoms. The van der Waals surface area contributed by atoms with Crippen LogP contribution in [-0.4, -0.2) is 56.1 Å². The lowest BCUT2D eigenvalue weighted by atomic mass is 9.97. The highest BCUT2D eigenvalue weighted by Crippen LogP contribution is 2.50. The van der Waals surface area contributed by atoms with Crippen LogP contribution in [0.5, 0.6) is 11.5 Å². The summed E-state index contributed by atoms with van der Waals surface area (Å²) in [5.41, 5.74) is 10.0. The molecule has 0 bridgehead atoms. The minimum atomic E-state index is -1.25. The van der Waals surface area contributed by atoms with E-state index in [4.69, 9.17) is 29.4 Å². The fourth-order valence-corrected chi connectivity index (χ4v) is 6.84. The van der Waals surface area contributed by atoms with Crippen molar-refractivity contribution < 1.29 is 28.5 Å². The van der Waals surface area contributed by atoms with Crippen molar-refractivity contribution in [3.05, 3.63) is 120 Å². The highest BCUT2D eigenvalue weighted by atomic mass is 16.8. The molecule has 0 radical (unpaired) electrons. The third-order valence-electron chi connectivity index (χ3n) is 9.23. The largest absolute Gasteiger partial charge is 0.440 e. The van der Waals surface area contributed by atoms with Gasteiger partial charge in [-0.15, -0.1) is 0 Å². The summed E-state index contributed by atoms with van der Waals surface area (Å²) >= 11 is 0. The number of anilines is 1. The maximum absolute atomic E-state index is 13.9. The molecule has 5 heterocycles. The molecule has 2 fully saturated rings. The summed E-state index contributed by atoms with van der Waals surface area (Å²) in [6, 6.07) is 23.4. The number of nitrogen functional groups attached to an aromatic ring is 1. The van der Waals surface area contributed by atoms with Crippen molar-refractivity contribution in [2.24, 2.45) is 0 Å². The second-order valence-corrected chi connectivity index (χ2v) is 13.4. The van der Waals surface area contributed by atoms with Gasteiger partial charge >= 0.3 is 5.79 Å². The zero-order chi connectivity index (χ0) is 34.6. The second-order valence-electron chi connectivity index (χ2n) is 13.4. The molecule has 0 spiro atoms. The first-order valence-corrected chi connectivity index (χ1v) is 16.7. The van der Waals surface area contributed by atoms with Crippen LogP contribution in [0.4, 0.5) is 5.82 Å². The van der Waals surface area contributed by atoms with Crippen molar-refractivity contribution in [3.63, 3.8) is 0 Å². The molecule has 3 aromatic carbocycles. The molecule has 12 nitrogen and oxygen atoms in total. The standard InChI is InChI=1S/C38H38N6O6/c1-22(2)23-18-26(30-28(19-23)47-38(50-30,24-12-7-5-8-13-24)25-14-9-6-10-15-25)35(45)40-17-11-16-27-31-32(49-37(3,4)48-31)36(46-27)44-21-43-29-33(39)41-20-42-34(29)44/h5-16,18-22,27,31-32,36H,17H2,1-4H3,(H,40,45)(H2,39,41,42)/t27-,31-,32-,36-/m1/s1. The van der Waals surface area contributed by atoms with Crippen LogP contribution >= 0.6 is 0 Å². The first-order chi connectivity index (χ1) is 24.1. The molecular formula is C38H38N6O6. The van der Waals surface area contributed by atoms with Gasteiger partial charge < -0.3 is 34.7 Å². The summed E-state index contributed by atoms with van der Waals surface area (Å²) in [6.45, 7) is 8.13. The minimum Gasteiger partial charge on any atom is -0.440 e. The molecule has 4 atom stereocenters. The molecule has 2 saturated heterocycles. The van der Waals surface area contributed by atoms with Crippen molar-refractivity contribution in [3.8, 4) is 11.5 Å². The van der Waals surface area contributed by atoms with Gasteiger partial charge in [-0.05, 0) is 37.5 Å². The van der Waals surface area contributed by atoms with Gasteiger partial charge in [0.15, 0.2) is 35.0 Å². The monoisotopic (exact) mass is 674 g/mol. The molecule has 12 heteroatoms. The molecule has 2 aromatic heterocycles. The predicted molar refractivity (Wildman–Crippen MR) is 184 cm³/mol. The molecule has 3 aliphatic rings. The van der Waals surface area contributed by atoms with Crippen LogP contribution in [-0.2, 0) is 20.0 Å². The molecular weight excluding hydrogens is 636 g/mol. The number of fused-ring (bicyclic) bond motifs is 3. The Labute approximate surface area is 289 Å². The van der Waals surface area contributed by atoms with Crippen LogP contribution in [0.15, 0.2) is 97.6 Å². The quantitative estimate of drug-likeness (QED) is 0.199. The number of carbonyl (C=O) groups is 1. The van der Waals surface area contributed by atoms with E-state index in [0.29, 0.717) is 28.2 Å². The van der Waals surface area contributed by atoms with Gasteiger partial charge in [0.05, 0.1) is 11.9 Å². The number of benzene rings is 3. The first kappa shape index (κ1) is 31.9. The molecule has 3 aliphatic heterocycles. The highest BCUT2D eigenvalue weighted by molar-refractivity contribution is 5.98. The van der Waals surface area contributed by atoms with Gasteiger partial charge in [-0.2, -0.15) is 0 Å². The van der Waals surface area contributed by atoms with E-state index in [1.165, 1.54) is 6.33 Å². The molecule has 5 aromatic rings. The van der Waals surface area contributed by atoms with E-state index in [-0.39, 0.29) is 24.2 Å². The van der Waals surface area contributed by atoms with Crippen LogP contribution in [0.2, 0.25) is 0 Å². The Morgan fingerprint density at radius 2 is 1.66 bits per heavy atom. The van der Waals surface area contributed by atoms with E-state index < -0.39 is 36.1 Å². The lowest BCUT2D eigenvalue weighted by molar-refractivity contribution is -0.191. The van der Waals surface area contributed by atoms with Crippen LogP contribution in [0, 0.1) is 0 Å². The van der Waals surface area contributed by atoms with E-state index in [1.54, 1.807) is 10.9 Å². The van der Waals surface area contributed by atoms with Crippen molar-refractivity contribution in [2.45, 2.75) is 69.7 Å². The first-order valence-electron chi connectivity index (χ1n) is 16.7. The van der Waals surface area contributed by atoms with E-state index >= 15 is 0 Å². The number of nitrogens with one attached hydrogen (secondary N) is 1. The van der Waals surface area contributed by atoms with Crippen molar-refractivity contribution in [2.75, 3.05) is 12.3 Å². The van der Waals surface area contributed by atoms with Gasteiger partial charge in [0.25, 0.3) is 5.91 Å². The van der Waals surface area contributed by atoms with Crippen LogP contribution in [0.1, 0.15) is 66.9 Å². The summed E-state index contributed by atoms with van der Waals surface area (Å²) in [5, 5.41) is 3.04. The average molecular weight is 675 g/mol. The Hall–Kier alpha value is -5.30. The average Bonchev–Trinajstić information content (AvgIpc) is 3.88. The number of ether oxygens (including phenoxy) is 5. The number of nitrogens with two attached hydrogens (primary N) is 1. The third kappa shape index (κ3) is 5.45. The maximum Gasteiger partial charge on any atom is 0.305 e. The molecule has 0 aliphatic carbocycles. The summed E-state index contributed by atoms with van der Waals surface area (Å²) in [6.07, 6.45) is 4.88. The topological polar surface area (TPSA) is 145 Å². The zero-order valence-electron chi connectivity index (χ0n) is 28.1. The Morgan fingerprint density at radius 3 is 2.36 bits per heavy atom. The third-order valence-corrected chi connectivity index (χ3v) is 9.23. The fourth-order valence-electron chi connectivity index (χ4n) is 6.84. The lowest BCUT2D eigenvalue weighted by Crippen LogP contribution is -2.37. The van der Waals surface area contributed by atoms with Gasteiger partial charge in [0, 0.05) is 17.7 Å². The SMILES string of the molecule is CC(C)c1cc2c(c(C(=O)NCC=C[C@H]3O[C@@H](n4cnc5c(N)ncnc54)[C@@H]4OC(C)(C)O[C@@H]43)c1)OC(c1ccccc1)(c1ccccc1)O2. The fraction of sp³-hybridized carbons (Fsp3) is 0.316. The van der Waals surface area contributed by atoms with Crippen LogP contribution < -0.4 is 20.5 Å². The summed E-state index contributed by atoms with van der Waals surface area (Å²) in [5.74, 6) is -1.02. The predicted octanol–water partition coefficient (Wildman–Crippen LogP) is 5.61. The zero-order valence-corrected chi connectivity index (χ0v) is 28.1.